The van der Waals surface area contributed by atoms with Gasteiger partial charge in [0.05, 0.1) is 0 Å². The molecule has 40 heavy (non-hydrogen) atoms. The van der Waals surface area contributed by atoms with Crippen LogP contribution in [-0.2, 0) is 0 Å². The highest BCUT2D eigenvalue weighted by molar-refractivity contribution is 6.29. The lowest BCUT2D eigenvalue weighted by molar-refractivity contribution is 0.568. The standard InChI is InChI=1S/C26H6F8N6/c1-5-6(2)16(28)10-9(15(5)27)11-14(20(32)24-21(17(11)29)37-7(3-35)26(34)40-24)13-12(10)19(31)23-22(18(13)30)38-8(4-36)25(33)39-23/h1-2H3. The zero-order valence-electron chi connectivity index (χ0n) is 19.7. The molecule has 0 saturated carbocycles. The number of hydrogen-bond acceptors (Lipinski definition) is 6. The molecule has 4 aromatic carbocycles. The molecule has 0 aliphatic heterocycles. The summed E-state index contributed by atoms with van der Waals surface area (Å²) in [5.41, 5.74) is -7.41. The van der Waals surface area contributed by atoms with E-state index in [1.807, 2.05) is 0 Å². The molecule has 0 spiro atoms. The van der Waals surface area contributed by atoms with E-state index in [2.05, 4.69) is 19.9 Å². The van der Waals surface area contributed by atoms with Crippen molar-refractivity contribution in [2.45, 2.75) is 13.8 Å². The van der Waals surface area contributed by atoms with Gasteiger partial charge in [0.25, 0.3) is 0 Å². The fourth-order valence-electron chi connectivity index (χ4n) is 4.83. The number of nitrogens with zero attached hydrogens (tertiary/aromatic N) is 6. The van der Waals surface area contributed by atoms with Crippen LogP contribution in [0.3, 0.4) is 0 Å². The predicted molar refractivity (Wildman–Crippen MR) is 124 cm³/mol. The first-order chi connectivity index (χ1) is 18.9. The van der Waals surface area contributed by atoms with Gasteiger partial charge in [0.1, 0.15) is 45.8 Å². The Morgan fingerprint density at radius 1 is 0.425 bits per heavy atom. The number of aromatic nitrogens is 4. The van der Waals surface area contributed by atoms with Gasteiger partial charge in [0.2, 0.25) is 11.9 Å². The SMILES string of the molecule is Cc1c(C)c(F)c2c(c1F)c1c(F)c3nc(C#N)c(F)nc3c(F)c1c1c(F)c3nc(C#N)c(F)nc3c(F)c21. The number of nitriles is 2. The summed E-state index contributed by atoms with van der Waals surface area (Å²) in [6.07, 6.45) is 0. The van der Waals surface area contributed by atoms with Gasteiger partial charge in [-0.05, 0) is 25.0 Å². The van der Waals surface area contributed by atoms with Crippen LogP contribution in [0.15, 0.2) is 0 Å². The summed E-state index contributed by atoms with van der Waals surface area (Å²) in [6, 6.07) is 2.56. The minimum atomic E-state index is -1.72. The third kappa shape index (κ3) is 2.90. The molecule has 2 heterocycles. The number of rotatable bonds is 0. The highest BCUT2D eigenvalue weighted by Gasteiger charge is 2.32. The largest absolute Gasteiger partial charge is 0.250 e. The van der Waals surface area contributed by atoms with Crippen LogP contribution in [0, 0.1) is 83.3 Å². The van der Waals surface area contributed by atoms with E-state index in [1.54, 1.807) is 0 Å². The molecular weight excluding hydrogens is 548 g/mol. The van der Waals surface area contributed by atoms with Crippen LogP contribution >= 0.6 is 0 Å². The Morgan fingerprint density at radius 3 is 0.950 bits per heavy atom. The van der Waals surface area contributed by atoms with Gasteiger partial charge in [-0.1, -0.05) is 0 Å². The smallest absolute Gasteiger partial charge is 0.228 e. The molecule has 0 N–H and O–H groups in total. The monoisotopic (exact) mass is 554 g/mol. The Hall–Kier alpha value is -5.24. The van der Waals surface area contributed by atoms with Gasteiger partial charge < -0.3 is 0 Å². The highest BCUT2D eigenvalue weighted by Crippen LogP contribution is 2.46. The summed E-state index contributed by atoms with van der Waals surface area (Å²) in [5, 5.41) is 11.4. The lowest BCUT2D eigenvalue weighted by atomic mass is 9.88. The molecule has 0 bridgehead atoms. The van der Waals surface area contributed by atoms with Crippen molar-refractivity contribution >= 4 is 54.4 Å². The first kappa shape index (κ1) is 25.1. The quantitative estimate of drug-likeness (QED) is 0.121. The van der Waals surface area contributed by atoms with Crippen LogP contribution in [0.2, 0.25) is 0 Å². The average Bonchev–Trinajstić information content (AvgIpc) is 2.94. The second-order valence-electron chi connectivity index (χ2n) is 8.73. The summed E-state index contributed by atoms with van der Waals surface area (Å²) >= 11 is 0. The van der Waals surface area contributed by atoms with E-state index in [4.69, 9.17) is 10.5 Å². The summed E-state index contributed by atoms with van der Waals surface area (Å²) in [7, 11) is 0. The van der Waals surface area contributed by atoms with Crippen molar-refractivity contribution in [1.29, 1.82) is 10.5 Å². The Balaban J connectivity index is 2.11. The summed E-state index contributed by atoms with van der Waals surface area (Å²) in [4.78, 5) is 13.2. The molecular formula is C26H6F8N6. The third-order valence-electron chi connectivity index (χ3n) is 6.79. The van der Waals surface area contributed by atoms with Crippen molar-refractivity contribution in [1.82, 2.24) is 19.9 Å². The Bertz CT molecular complexity index is 2300. The van der Waals surface area contributed by atoms with Gasteiger partial charge in [0, 0.05) is 32.3 Å². The van der Waals surface area contributed by atoms with Crippen LogP contribution in [0.4, 0.5) is 35.1 Å². The molecule has 0 radical (unpaired) electrons. The summed E-state index contributed by atoms with van der Waals surface area (Å²) in [5.74, 6) is -12.7. The van der Waals surface area contributed by atoms with E-state index >= 15 is 26.3 Å². The second-order valence-corrected chi connectivity index (χ2v) is 8.73. The summed E-state index contributed by atoms with van der Waals surface area (Å²) in [6.45, 7) is 2.20. The predicted octanol–water partition coefficient (Wildman–Crippen LogP) is 6.51. The van der Waals surface area contributed by atoms with Gasteiger partial charge in [0.15, 0.2) is 34.7 Å². The molecule has 0 fully saturated rings. The van der Waals surface area contributed by atoms with Gasteiger partial charge in [-0.3, -0.25) is 0 Å². The van der Waals surface area contributed by atoms with E-state index in [1.165, 1.54) is 12.1 Å². The fourth-order valence-corrected chi connectivity index (χ4v) is 4.83. The molecule has 196 valence electrons. The Labute approximate surface area is 215 Å². The van der Waals surface area contributed by atoms with Crippen molar-refractivity contribution in [2.75, 3.05) is 0 Å². The second kappa shape index (κ2) is 8.13. The lowest BCUT2D eigenvalue weighted by Gasteiger charge is -2.18. The molecule has 0 unspecified atom stereocenters. The molecule has 6 nitrogen and oxygen atoms in total. The minimum absolute atomic E-state index is 0.389. The maximum atomic E-state index is 16.1. The number of hydrogen-bond donors (Lipinski definition) is 0. The zero-order chi connectivity index (χ0) is 28.9. The molecule has 14 heteroatoms. The van der Waals surface area contributed by atoms with Crippen LogP contribution < -0.4 is 0 Å². The van der Waals surface area contributed by atoms with Gasteiger partial charge >= 0.3 is 0 Å². The molecule has 0 amide bonds. The van der Waals surface area contributed by atoms with Gasteiger partial charge in [-0.15, -0.1) is 0 Å². The Morgan fingerprint density at radius 2 is 0.675 bits per heavy atom. The van der Waals surface area contributed by atoms with Crippen molar-refractivity contribution in [2.24, 2.45) is 0 Å². The van der Waals surface area contributed by atoms with E-state index < -0.39 is 118 Å². The Kier molecular flexibility index (Phi) is 5.09. The topological polar surface area (TPSA) is 99.1 Å². The fraction of sp³-hybridized carbons (Fsp3) is 0.0769. The number of fused-ring (bicyclic) bond motifs is 8. The normalized spacial score (nSPS) is 11.7. The van der Waals surface area contributed by atoms with Crippen molar-refractivity contribution < 1.29 is 35.1 Å². The molecule has 0 aliphatic carbocycles. The van der Waals surface area contributed by atoms with E-state index in [0.717, 1.165) is 13.8 Å². The van der Waals surface area contributed by atoms with Crippen LogP contribution in [0.5, 0.6) is 0 Å². The van der Waals surface area contributed by atoms with Crippen molar-refractivity contribution in [3.63, 3.8) is 0 Å². The van der Waals surface area contributed by atoms with Crippen LogP contribution in [0.1, 0.15) is 22.5 Å². The molecule has 2 aromatic heterocycles. The summed E-state index contributed by atoms with van der Waals surface area (Å²) < 4.78 is 124. The van der Waals surface area contributed by atoms with E-state index in [9.17, 15) is 8.78 Å². The third-order valence-corrected chi connectivity index (χ3v) is 6.79. The van der Waals surface area contributed by atoms with E-state index in [-0.39, 0.29) is 5.56 Å². The number of halogens is 8. The van der Waals surface area contributed by atoms with Gasteiger partial charge in [-0.2, -0.15) is 19.3 Å². The molecule has 0 saturated heterocycles. The van der Waals surface area contributed by atoms with E-state index in [0.29, 0.717) is 0 Å². The zero-order valence-corrected chi connectivity index (χ0v) is 19.7. The first-order valence-corrected chi connectivity index (χ1v) is 11.0. The van der Waals surface area contributed by atoms with Crippen LogP contribution in [-0.4, -0.2) is 19.9 Å². The van der Waals surface area contributed by atoms with Gasteiger partial charge in [-0.25, -0.2) is 46.3 Å². The van der Waals surface area contributed by atoms with Crippen molar-refractivity contribution in [3.8, 4) is 12.1 Å². The highest BCUT2D eigenvalue weighted by atomic mass is 19.2. The maximum Gasteiger partial charge on any atom is 0.250 e. The van der Waals surface area contributed by atoms with Crippen molar-refractivity contribution in [3.05, 3.63) is 69.3 Å². The molecule has 6 aromatic rings. The first-order valence-electron chi connectivity index (χ1n) is 11.0. The van der Waals surface area contributed by atoms with Crippen LogP contribution in [0.25, 0.3) is 54.4 Å². The molecule has 0 aliphatic rings. The minimum Gasteiger partial charge on any atom is -0.228 e. The average molecular weight is 554 g/mol. The lowest BCUT2D eigenvalue weighted by Crippen LogP contribution is -2.07. The maximum absolute atomic E-state index is 16.1. The molecule has 6 rings (SSSR count). The number of benzene rings is 4. The molecule has 0 atom stereocenters.